The molecule has 0 aliphatic heterocycles. The molecule has 1 aromatic heterocycles. The summed E-state index contributed by atoms with van der Waals surface area (Å²) in [5.41, 5.74) is -0.0521. The van der Waals surface area contributed by atoms with E-state index in [0.29, 0.717) is 0 Å². The number of carboxylic acids is 1. The number of hydrogen-bond donors (Lipinski definition) is 1. The Labute approximate surface area is 68.9 Å². The Hall–Kier alpha value is -1.52. The van der Waals surface area contributed by atoms with Crippen LogP contribution in [0, 0.1) is 0 Å². The Morgan fingerprint density at radius 2 is 2.42 bits per heavy atom. The monoisotopic (exact) mass is 171 g/mol. The average molecular weight is 171 g/mol. The molecular weight excluding hydrogens is 162 g/mol. The third-order valence-electron chi connectivity index (χ3n) is 1.11. The average Bonchev–Trinajstić information content (AvgIpc) is 2.33. The molecule has 0 bridgehead atoms. The van der Waals surface area contributed by atoms with Crippen LogP contribution < -0.4 is 4.74 Å². The summed E-state index contributed by atoms with van der Waals surface area (Å²) in [5, 5.41) is 12.0. The molecule has 0 aliphatic carbocycles. The molecular formula is C7H9NO4. The molecule has 0 aromatic carbocycles. The molecule has 0 amide bonds. The number of ether oxygens (including phenoxy) is 1. The van der Waals surface area contributed by atoms with Gasteiger partial charge in [0.25, 0.3) is 5.88 Å². The SMILES string of the molecule is CC(C)Oc1nocc1C(=O)O. The fourth-order valence-electron chi connectivity index (χ4n) is 0.677. The number of carbonyl (C=O) groups is 1. The van der Waals surface area contributed by atoms with E-state index < -0.39 is 5.97 Å². The lowest BCUT2D eigenvalue weighted by Gasteiger charge is -2.04. The first kappa shape index (κ1) is 8.58. The van der Waals surface area contributed by atoms with Crippen LogP contribution in [0.3, 0.4) is 0 Å². The second kappa shape index (κ2) is 3.25. The van der Waals surface area contributed by atoms with Gasteiger partial charge in [-0.2, -0.15) is 0 Å². The quantitative estimate of drug-likeness (QED) is 0.738. The van der Waals surface area contributed by atoms with Gasteiger partial charge in [-0.25, -0.2) is 4.79 Å². The highest BCUT2D eigenvalue weighted by Crippen LogP contribution is 2.16. The van der Waals surface area contributed by atoms with Gasteiger partial charge in [-0.1, -0.05) is 0 Å². The van der Waals surface area contributed by atoms with Crippen molar-refractivity contribution < 1.29 is 19.2 Å². The number of nitrogens with zero attached hydrogens (tertiary/aromatic N) is 1. The summed E-state index contributed by atoms with van der Waals surface area (Å²) in [6.45, 7) is 3.56. The molecule has 0 saturated carbocycles. The Kier molecular flexibility index (Phi) is 2.32. The molecule has 0 aliphatic rings. The Morgan fingerprint density at radius 1 is 1.75 bits per heavy atom. The summed E-state index contributed by atoms with van der Waals surface area (Å²) < 4.78 is 9.51. The van der Waals surface area contributed by atoms with Gasteiger partial charge in [0.15, 0.2) is 5.56 Å². The third kappa shape index (κ3) is 1.75. The summed E-state index contributed by atoms with van der Waals surface area (Å²) in [7, 11) is 0. The highest BCUT2D eigenvalue weighted by molar-refractivity contribution is 5.89. The van der Waals surface area contributed by atoms with E-state index in [-0.39, 0.29) is 17.5 Å². The normalized spacial score (nSPS) is 10.2. The minimum absolute atomic E-state index is 0.0255. The van der Waals surface area contributed by atoms with Crippen LogP contribution in [0.15, 0.2) is 10.8 Å². The maximum atomic E-state index is 10.5. The van der Waals surface area contributed by atoms with Gasteiger partial charge < -0.3 is 14.4 Å². The van der Waals surface area contributed by atoms with Crippen molar-refractivity contribution in [3.8, 4) is 5.88 Å². The summed E-state index contributed by atoms with van der Waals surface area (Å²) >= 11 is 0. The van der Waals surface area contributed by atoms with Crippen LogP contribution in [0.25, 0.3) is 0 Å². The van der Waals surface area contributed by atoms with E-state index in [2.05, 4.69) is 9.68 Å². The zero-order chi connectivity index (χ0) is 9.14. The maximum Gasteiger partial charge on any atom is 0.344 e. The van der Waals surface area contributed by atoms with Crippen molar-refractivity contribution >= 4 is 5.97 Å². The van der Waals surface area contributed by atoms with Crippen molar-refractivity contribution in [1.82, 2.24) is 5.16 Å². The van der Waals surface area contributed by atoms with E-state index in [1.807, 2.05) is 0 Å². The zero-order valence-corrected chi connectivity index (χ0v) is 6.77. The maximum absolute atomic E-state index is 10.5. The first-order chi connectivity index (χ1) is 5.61. The number of hydrogen-bond acceptors (Lipinski definition) is 4. The molecule has 5 heteroatoms. The number of aromatic carboxylic acids is 1. The van der Waals surface area contributed by atoms with Crippen LogP contribution >= 0.6 is 0 Å². The molecule has 5 nitrogen and oxygen atoms in total. The second-order valence-electron chi connectivity index (χ2n) is 2.51. The molecule has 66 valence electrons. The van der Waals surface area contributed by atoms with E-state index in [4.69, 9.17) is 9.84 Å². The highest BCUT2D eigenvalue weighted by Gasteiger charge is 2.16. The smallest absolute Gasteiger partial charge is 0.344 e. The molecule has 1 rings (SSSR count). The molecule has 1 aromatic rings. The Bertz CT molecular complexity index is 279. The van der Waals surface area contributed by atoms with Gasteiger partial charge in [-0.15, -0.1) is 0 Å². The van der Waals surface area contributed by atoms with Gasteiger partial charge in [0.1, 0.15) is 6.26 Å². The van der Waals surface area contributed by atoms with Crippen LogP contribution in [0.2, 0.25) is 0 Å². The fraction of sp³-hybridized carbons (Fsp3) is 0.429. The van der Waals surface area contributed by atoms with Gasteiger partial charge in [-0.05, 0) is 19.0 Å². The van der Waals surface area contributed by atoms with Crippen molar-refractivity contribution in [2.75, 3.05) is 0 Å². The van der Waals surface area contributed by atoms with Crippen LogP contribution in [0.5, 0.6) is 5.88 Å². The third-order valence-corrected chi connectivity index (χ3v) is 1.11. The van der Waals surface area contributed by atoms with E-state index >= 15 is 0 Å². The lowest BCUT2D eigenvalue weighted by atomic mass is 10.3. The molecule has 12 heavy (non-hydrogen) atoms. The zero-order valence-electron chi connectivity index (χ0n) is 6.77. The van der Waals surface area contributed by atoms with Gasteiger partial charge in [-0.3, -0.25) is 0 Å². The molecule has 0 unspecified atom stereocenters. The summed E-state index contributed by atoms with van der Waals surface area (Å²) in [6.07, 6.45) is 0.924. The molecule has 0 fully saturated rings. The van der Waals surface area contributed by atoms with Crippen LogP contribution in [-0.4, -0.2) is 22.3 Å². The van der Waals surface area contributed by atoms with E-state index in [9.17, 15) is 4.79 Å². The molecule has 0 radical (unpaired) electrons. The number of carboxylic acid groups (broad SMARTS) is 1. The lowest BCUT2D eigenvalue weighted by molar-refractivity contribution is 0.0690. The second-order valence-corrected chi connectivity index (χ2v) is 2.51. The molecule has 0 atom stereocenters. The highest BCUT2D eigenvalue weighted by atomic mass is 16.5. The van der Waals surface area contributed by atoms with Gasteiger partial charge in [0.05, 0.1) is 6.10 Å². The first-order valence-electron chi connectivity index (χ1n) is 3.45. The number of aromatic nitrogens is 1. The van der Waals surface area contributed by atoms with Gasteiger partial charge in [0, 0.05) is 0 Å². The minimum atomic E-state index is -1.10. The standard InChI is InChI=1S/C7H9NO4/c1-4(2)12-6-5(7(9)10)3-11-8-6/h3-4H,1-2H3,(H,9,10). The van der Waals surface area contributed by atoms with Crippen LogP contribution in [-0.2, 0) is 0 Å². The molecule has 0 spiro atoms. The van der Waals surface area contributed by atoms with Gasteiger partial charge in [0.2, 0.25) is 0 Å². The largest absolute Gasteiger partial charge is 0.477 e. The van der Waals surface area contributed by atoms with Crippen molar-refractivity contribution in [3.05, 3.63) is 11.8 Å². The summed E-state index contributed by atoms with van der Waals surface area (Å²) in [6, 6.07) is 0. The first-order valence-corrected chi connectivity index (χ1v) is 3.45. The lowest BCUT2D eigenvalue weighted by Crippen LogP contribution is -2.08. The summed E-state index contributed by atoms with van der Waals surface area (Å²) in [5.74, 6) is -1.08. The van der Waals surface area contributed by atoms with Crippen molar-refractivity contribution in [1.29, 1.82) is 0 Å². The topological polar surface area (TPSA) is 72.6 Å². The van der Waals surface area contributed by atoms with Crippen LogP contribution in [0.1, 0.15) is 24.2 Å². The fourth-order valence-corrected chi connectivity index (χ4v) is 0.677. The Morgan fingerprint density at radius 3 is 2.92 bits per heavy atom. The summed E-state index contributed by atoms with van der Waals surface area (Å²) in [4.78, 5) is 10.5. The predicted molar refractivity (Wildman–Crippen MR) is 39.2 cm³/mol. The molecule has 0 saturated heterocycles. The number of rotatable bonds is 3. The van der Waals surface area contributed by atoms with Gasteiger partial charge >= 0.3 is 5.97 Å². The predicted octanol–water partition coefficient (Wildman–Crippen LogP) is 1.16. The van der Waals surface area contributed by atoms with Crippen molar-refractivity contribution in [2.45, 2.75) is 20.0 Å². The van der Waals surface area contributed by atoms with Crippen LogP contribution in [0.4, 0.5) is 0 Å². The van der Waals surface area contributed by atoms with Crippen molar-refractivity contribution in [3.63, 3.8) is 0 Å². The molecule has 1 heterocycles. The van der Waals surface area contributed by atoms with E-state index in [0.717, 1.165) is 6.26 Å². The minimum Gasteiger partial charge on any atom is -0.477 e. The van der Waals surface area contributed by atoms with E-state index in [1.165, 1.54) is 0 Å². The molecule has 1 N–H and O–H groups in total. The van der Waals surface area contributed by atoms with E-state index in [1.54, 1.807) is 13.8 Å². The van der Waals surface area contributed by atoms with Crippen molar-refractivity contribution in [2.24, 2.45) is 0 Å². The Balaban J connectivity index is 2.84.